The van der Waals surface area contributed by atoms with E-state index < -0.39 is 30.6 Å². The van der Waals surface area contributed by atoms with Crippen molar-refractivity contribution >= 4 is 11.6 Å². The van der Waals surface area contributed by atoms with Crippen LogP contribution in [0.15, 0.2) is 18.2 Å². The van der Waals surface area contributed by atoms with Crippen LogP contribution in [0.3, 0.4) is 0 Å². The first kappa shape index (κ1) is 14.2. The number of halogens is 5. The third-order valence-corrected chi connectivity index (χ3v) is 1.99. The van der Waals surface area contributed by atoms with Crippen LogP contribution in [0.25, 0.3) is 0 Å². The number of hydrogen-bond acceptors (Lipinski definition) is 2. The predicted molar refractivity (Wildman–Crippen MR) is 54.1 cm³/mol. The first-order valence-corrected chi connectivity index (χ1v) is 4.72. The number of alkyl halides is 4. The smallest absolute Gasteiger partial charge is 0.324 e. The number of rotatable bonds is 4. The highest BCUT2D eigenvalue weighted by Crippen LogP contribution is 2.21. The van der Waals surface area contributed by atoms with Crippen LogP contribution in [0.4, 0.5) is 27.6 Å². The Labute approximate surface area is 98.8 Å². The van der Waals surface area contributed by atoms with E-state index in [1.54, 1.807) is 5.32 Å². The molecule has 0 unspecified atom stereocenters. The first-order chi connectivity index (χ1) is 8.22. The molecule has 0 fully saturated rings. The fourth-order valence-corrected chi connectivity index (χ4v) is 1.12. The Morgan fingerprint density at radius 1 is 1.33 bits per heavy atom. The maximum absolute atomic E-state index is 12.9. The Bertz CT molecular complexity index is 430. The first-order valence-electron chi connectivity index (χ1n) is 4.72. The second-order valence-electron chi connectivity index (χ2n) is 3.52. The fraction of sp³-hybridized carbons (Fsp3) is 0.300. The topological polar surface area (TPSA) is 55.1 Å². The van der Waals surface area contributed by atoms with Gasteiger partial charge < -0.3 is 11.1 Å². The SMILES string of the molecule is Nc1cc(F)cc(C(=O)NCC(F)(F)C(F)F)c1. The number of benzene rings is 1. The lowest BCUT2D eigenvalue weighted by Gasteiger charge is -2.15. The molecule has 1 amide bonds. The summed E-state index contributed by atoms with van der Waals surface area (Å²) in [6, 6.07) is 2.72. The number of carbonyl (C=O) groups excluding carboxylic acids is 1. The summed E-state index contributed by atoms with van der Waals surface area (Å²) in [7, 11) is 0. The highest BCUT2D eigenvalue weighted by atomic mass is 19.3. The molecule has 1 rings (SSSR count). The molecule has 3 N–H and O–H groups in total. The zero-order valence-electron chi connectivity index (χ0n) is 8.89. The molecule has 1 aromatic rings. The Morgan fingerprint density at radius 2 is 1.94 bits per heavy atom. The average Bonchev–Trinajstić information content (AvgIpc) is 2.24. The number of nitrogen functional groups attached to an aromatic ring is 1. The summed E-state index contributed by atoms with van der Waals surface area (Å²) in [5.41, 5.74) is 4.83. The second kappa shape index (κ2) is 5.19. The molecule has 0 aliphatic carbocycles. The molecular formula is C10H9F5N2O. The summed E-state index contributed by atoms with van der Waals surface area (Å²) < 4.78 is 61.5. The number of nitrogens with two attached hydrogens (primary N) is 1. The van der Waals surface area contributed by atoms with Crippen molar-refractivity contribution in [2.75, 3.05) is 12.3 Å². The quantitative estimate of drug-likeness (QED) is 0.648. The molecule has 18 heavy (non-hydrogen) atoms. The van der Waals surface area contributed by atoms with Crippen LogP contribution >= 0.6 is 0 Å². The maximum Gasteiger partial charge on any atom is 0.324 e. The van der Waals surface area contributed by atoms with Gasteiger partial charge in [-0.25, -0.2) is 13.2 Å². The maximum atomic E-state index is 12.9. The molecule has 3 nitrogen and oxygen atoms in total. The van der Waals surface area contributed by atoms with Gasteiger partial charge in [0.1, 0.15) is 5.82 Å². The minimum atomic E-state index is -4.34. The van der Waals surface area contributed by atoms with Gasteiger partial charge in [0.05, 0.1) is 6.54 Å². The van der Waals surface area contributed by atoms with Crippen molar-refractivity contribution in [1.82, 2.24) is 5.32 Å². The van der Waals surface area contributed by atoms with Crippen LogP contribution in [0, 0.1) is 5.82 Å². The molecule has 0 radical (unpaired) electrons. The van der Waals surface area contributed by atoms with Gasteiger partial charge in [0.25, 0.3) is 5.91 Å². The summed E-state index contributed by atoms with van der Waals surface area (Å²) in [6.07, 6.45) is -3.89. The number of nitrogens with one attached hydrogen (secondary N) is 1. The summed E-state index contributed by atoms with van der Waals surface area (Å²) in [5.74, 6) is -6.28. The number of anilines is 1. The predicted octanol–water partition coefficient (Wildman–Crippen LogP) is 2.04. The zero-order chi connectivity index (χ0) is 13.9. The van der Waals surface area contributed by atoms with Gasteiger partial charge in [-0.15, -0.1) is 0 Å². The lowest BCUT2D eigenvalue weighted by Crippen LogP contribution is -2.41. The highest BCUT2D eigenvalue weighted by molar-refractivity contribution is 5.95. The van der Waals surface area contributed by atoms with Crippen molar-refractivity contribution in [2.24, 2.45) is 0 Å². The number of carbonyl (C=O) groups is 1. The van der Waals surface area contributed by atoms with Gasteiger partial charge in [-0.05, 0) is 18.2 Å². The van der Waals surface area contributed by atoms with E-state index in [-0.39, 0.29) is 11.3 Å². The molecule has 0 aliphatic rings. The summed E-state index contributed by atoms with van der Waals surface area (Å²) in [6.45, 7) is -1.54. The van der Waals surface area contributed by atoms with Gasteiger partial charge in [-0.3, -0.25) is 4.79 Å². The van der Waals surface area contributed by atoms with Crippen molar-refractivity contribution < 1.29 is 26.7 Å². The van der Waals surface area contributed by atoms with Crippen molar-refractivity contribution in [3.63, 3.8) is 0 Å². The van der Waals surface area contributed by atoms with Gasteiger partial charge in [0.15, 0.2) is 0 Å². The van der Waals surface area contributed by atoms with E-state index in [4.69, 9.17) is 5.73 Å². The highest BCUT2D eigenvalue weighted by Gasteiger charge is 2.40. The third-order valence-electron chi connectivity index (χ3n) is 1.99. The Balaban J connectivity index is 2.72. The molecule has 0 bridgehead atoms. The number of amides is 1. The minimum Gasteiger partial charge on any atom is -0.399 e. The van der Waals surface area contributed by atoms with Crippen LogP contribution in [-0.2, 0) is 0 Å². The molecule has 0 heterocycles. The Morgan fingerprint density at radius 3 is 2.44 bits per heavy atom. The molecule has 0 aromatic heterocycles. The largest absolute Gasteiger partial charge is 0.399 e. The molecule has 0 spiro atoms. The van der Waals surface area contributed by atoms with Gasteiger partial charge in [-0.1, -0.05) is 0 Å². The van der Waals surface area contributed by atoms with E-state index in [0.29, 0.717) is 0 Å². The molecule has 100 valence electrons. The Kier molecular flexibility index (Phi) is 4.10. The number of hydrogen-bond donors (Lipinski definition) is 2. The molecule has 8 heteroatoms. The van der Waals surface area contributed by atoms with Gasteiger partial charge in [-0.2, -0.15) is 8.78 Å². The van der Waals surface area contributed by atoms with Gasteiger partial charge in [0.2, 0.25) is 0 Å². The molecule has 0 saturated heterocycles. The normalized spacial score (nSPS) is 11.7. The van der Waals surface area contributed by atoms with Crippen LogP contribution in [-0.4, -0.2) is 24.8 Å². The van der Waals surface area contributed by atoms with Crippen molar-refractivity contribution in [3.05, 3.63) is 29.6 Å². The van der Waals surface area contributed by atoms with E-state index in [1.165, 1.54) is 0 Å². The van der Waals surface area contributed by atoms with Crippen LogP contribution < -0.4 is 11.1 Å². The van der Waals surface area contributed by atoms with Crippen LogP contribution in [0.5, 0.6) is 0 Å². The van der Waals surface area contributed by atoms with Crippen LogP contribution in [0.2, 0.25) is 0 Å². The summed E-state index contributed by atoms with van der Waals surface area (Å²) in [4.78, 5) is 11.3. The van der Waals surface area contributed by atoms with Crippen molar-refractivity contribution in [1.29, 1.82) is 0 Å². The molecule has 0 aliphatic heterocycles. The Hall–Kier alpha value is -1.86. The van der Waals surface area contributed by atoms with Gasteiger partial charge in [0, 0.05) is 11.3 Å². The van der Waals surface area contributed by atoms with E-state index >= 15 is 0 Å². The second-order valence-corrected chi connectivity index (χ2v) is 3.52. The van der Waals surface area contributed by atoms with E-state index in [9.17, 15) is 26.7 Å². The zero-order valence-corrected chi connectivity index (χ0v) is 8.89. The molecule has 0 atom stereocenters. The standard InChI is InChI=1S/C10H9F5N2O/c11-6-1-5(2-7(16)3-6)8(18)17-4-10(14,15)9(12)13/h1-3,9H,4,16H2,(H,17,18). The molecular weight excluding hydrogens is 259 g/mol. The monoisotopic (exact) mass is 268 g/mol. The van der Waals surface area contributed by atoms with Crippen molar-refractivity contribution in [2.45, 2.75) is 12.3 Å². The minimum absolute atomic E-state index is 0.0826. The van der Waals surface area contributed by atoms with E-state index in [2.05, 4.69) is 0 Å². The van der Waals surface area contributed by atoms with E-state index in [0.717, 1.165) is 18.2 Å². The van der Waals surface area contributed by atoms with Crippen molar-refractivity contribution in [3.8, 4) is 0 Å². The lowest BCUT2D eigenvalue weighted by atomic mass is 10.2. The average molecular weight is 268 g/mol. The summed E-state index contributed by atoms with van der Waals surface area (Å²) in [5, 5.41) is 1.58. The fourth-order valence-electron chi connectivity index (χ4n) is 1.12. The molecule has 1 aromatic carbocycles. The van der Waals surface area contributed by atoms with Gasteiger partial charge >= 0.3 is 12.3 Å². The molecule has 0 saturated carbocycles. The lowest BCUT2D eigenvalue weighted by molar-refractivity contribution is -0.123. The summed E-state index contributed by atoms with van der Waals surface area (Å²) >= 11 is 0. The third kappa shape index (κ3) is 3.57. The van der Waals surface area contributed by atoms with Crippen LogP contribution in [0.1, 0.15) is 10.4 Å². The van der Waals surface area contributed by atoms with E-state index in [1.807, 2.05) is 0 Å².